The topological polar surface area (TPSA) is 23.5 Å². The van der Waals surface area contributed by atoms with Crippen LogP contribution in [-0.2, 0) is 0 Å². The van der Waals surface area contributed by atoms with Gasteiger partial charge in [0.25, 0.3) is 0 Å². The molecule has 1 aliphatic heterocycles. The van der Waals surface area contributed by atoms with Gasteiger partial charge in [0.1, 0.15) is 0 Å². The highest BCUT2D eigenvalue weighted by molar-refractivity contribution is 5.03. The Morgan fingerprint density at radius 1 is 1.31 bits per heavy atom. The summed E-state index contributed by atoms with van der Waals surface area (Å²) in [6.45, 7) is 6.51. The number of hydrogen-bond donors (Lipinski definition) is 1. The fourth-order valence-electron chi connectivity index (χ4n) is 3.46. The zero-order chi connectivity index (χ0) is 9.64. The van der Waals surface area contributed by atoms with E-state index in [1.54, 1.807) is 0 Å². The SMILES string of the molecule is C[C@@H]1CC[C@@H]2[C@@H](C)CN(C)C[C@@]12O. The van der Waals surface area contributed by atoms with Crippen molar-refractivity contribution < 1.29 is 5.11 Å². The predicted octanol–water partition coefficient (Wildman–Crippen LogP) is 1.35. The molecule has 0 bridgehead atoms. The maximum Gasteiger partial charge on any atom is 0.0830 e. The molecule has 0 unspecified atom stereocenters. The number of nitrogens with zero attached hydrogens (tertiary/aromatic N) is 1. The summed E-state index contributed by atoms with van der Waals surface area (Å²) < 4.78 is 0. The zero-order valence-corrected chi connectivity index (χ0v) is 8.95. The van der Waals surface area contributed by atoms with Crippen molar-refractivity contribution in [1.29, 1.82) is 0 Å². The minimum Gasteiger partial charge on any atom is -0.388 e. The number of β-amino-alcohol motifs (C(OH)–C–C–N with tert-alkyl or cyclic N) is 1. The van der Waals surface area contributed by atoms with E-state index in [1.807, 2.05) is 0 Å². The average Bonchev–Trinajstić information content (AvgIpc) is 2.27. The molecule has 13 heavy (non-hydrogen) atoms. The Hall–Kier alpha value is -0.0800. The summed E-state index contributed by atoms with van der Waals surface area (Å²) in [5, 5.41) is 10.6. The van der Waals surface area contributed by atoms with Crippen LogP contribution >= 0.6 is 0 Å². The Morgan fingerprint density at radius 2 is 2.00 bits per heavy atom. The molecule has 1 N–H and O–H groups in total. The van der Waals surface area contributed by atoms with Crippen LogP contribution in [-0.4, -0.2) is 35.7 Å². The minimum absolute atomic E-state index is 0.383. The molecule has 0 aromatic carbocycles. The number of piperidine rings is 1. The van der Waals surface area contributed by atoms with Gasteiger partial charge in [0.15, 0.2) is 0 Å². The third-order valence-corrected chi connectivity index (χ3v) is 4.22. The van der Waals surface area contributed by atoms with Gasteiger partial charge in [0.05, 0.1) is 5.60 Å². The molecule has 76 valence electrons. The lowest BCUT2D eigenvalue weighted by atomic mass is 9.75. The van der Waals surface area contributed by atoms with E-state index in [0.717, 1.165) is 13.1 Å². The van der Waals surface area contributed by atoms with Crippen LogP contribution in [0, 0.1) is 17.8 Å². The first-order valence-electron chi connectivity index (χ1n) is 5.45. The lowest BCUT2D eigenvalue weighted by molar-refractivity contribution is -0.0985. The molecule has 2 rings (SSSR count). The molecule has 2 fully saturated rings. The summed E-state index contributed by atoms with van der Waals surface area (Å²) >= 11 is 0. The number of aliphatic hydroxyl groups is 1. The van der Waals surface area contributed by atoms with Crippen molar-refractivity contribution in [2.75, 3.05) is 20.1 Å². The highest BCUT2D eigenvalue weighted by Crippen LogP contribution is 2.47. The van der Waals surface area contributed by atoms with Gasteiger partial charge in [-0.25, -0.2) is 0 Å². The van der Waals surface area contributed by atoms with Gasteiger partial charge in [-0.1, -0.05) is 13.8 Å². The molecule has 0 spiro atoms. The van der Waals surface area contributed by atoms with Gasteiger partial charge in [-0.15, -0.1) is 0 Å². The Morgan fingerprint density at radius 3 is 2.69 bits per heavy atom. The lowest BCUT2D eigenvalue weighted by Crippen LogP contribution is -2.56. The fraction of sp³-hybridized carbons (Fsp3) is 1.00. The first kappa shape index (κ1) is 9.47. The van der Waals surface area contributed by atoms with Crippen molar-refractivity contribution in [3.8, 4) is 0 Å². The van der Waals surface area contributed by atoms with Gasteiger partial charge in [-0.2, -0.15) is 0 Å². The van der Waals surface area contributed by atoms with E-state index in [1.165, 1.54) is 12.8 Å². The molecule has 2 heteroatoms. The number of likely N-dealkylation sites (tertiary alicyclic amines) is 1. The third-order valence-electron chi connectivity index (χ3n) is 4.22. The number of rotatable bonds is 0. The Bertz CT molecular complexity index is 206. The molecule has 1 saturated carbocycles. The average molecular weight is 183 g/mol. The predicted molar refractivity (Wildman–Crippen MR) is 53.5 cm³/mol. The molecule has 1 saturated heterocycles. The normalized spacial score (nSPS) is 52.2. The van der Waals surface area contributed by atoms with Crippen molar-refractivity contribution in [1.82, 2.24) is 4.90 Å². The second-order valence-electron chi connectivity index (χ2n) is 5.25. The van der Waals surface area contributed by atoms with E-state index < -0.39 is 0 Å². The van der Waals surface area contributed by atoms with E-state index in [0.29, 0.717) is 17.8 Å². The second-order valence-corrected chi connectivity index (χ2v) is 5.25. The largest absolute Gasteiger partial charge is 0.388 e. The van der Waals surface area contributed by atoms with E-state index in [2.05, 4.69) is 25.8 Å². The van der Waals surface area contributed by atoms with Gasteiger partial charge in [0, 0.05) is 13.1 Å². The van der Waals surface area contributed by atoms with Crippen LogP contribution in [0.1, 0.15) is 26.7 Å². The molecule has 1 heterocycles. The van der Waals surface area contributed by atoms with Crippen LogP contribution < -0.4 is 0 Å². The lowest BCUT2D eigenvalue weighted by Gasteiger charge is -2.45. The van der Waals surface area contributed by atoms with Gasteiger partial charge in [-0.3, -0.25) is 0 Å². The van der Waals surface area contributed by atoms with Crippen LogP contribution in [0.5, 0.6) is 0 Å². The monoisotopic (exact) mass is 183 g/mol. The molecular weight excluding hydrogens is 162 g/mol. The summed E-state index contributed by atoms with van der Waals surface area (Å²) in [6, 6.07) is 0. The van der Waals surface area contributed by atoms with Gasteiger partial charge < -0.3 is 10.0 Å². The Balaban J connectivity index is 2.22. The third kappa shape index (κ3) is 1.31. The quantitative estimate of drug-likeness (QED) is 0.612. The summed E-state index contributed by atoms with van der Waals surface area (Å²) in [7, 11) is 2.12. The van der Waals surface area contributed by atoms with E-state index in [9.17, 15) is 5.11 Å². The highest BCUT2D eigenvalue weighted by atomic mass is 16.3. The summed E-state index contributed by atoms with van der Waals surface area (Å²) in [6.07, 6.45) is 2.44. The molecule has 0 aromatic heterocycles. The van der Waals surface area contributed by atoms with Crippen molar-refractivity contribution in [2.24, 2.45) is 17.8 Å². The molecule has 2 aliphatic rings. The number of likely N-dealkylation sites (N-methyl/N-ethyl adjacent to an activating group) is 1. The van der Waals surface area contributed by atoms with Gasteiger partial charge in [0.2, 0.25) is 0 Å². The Labute approximate surface area is 80.9 Å². The fourth-order valence-corrected chi connectivity index (χ4v) is 3.46. The van der Waals surface area contributed by atoms with Crippen LogP contribution in [0.3, 0.4) is 0 Å². The molecule has 0 amide bonds. The van der Waals surface area contributed by atoms with Gasteiger partial charge in [-0.05, 0) is 37.6 Å². The smallest absolute Gasteiger partial charge is 0.0830 e. The number of hydrogen-bond acceptors (Lipinski definition) is 2. The minimum atomic E-state index is -0.383. The van der Waals surface area contributed by atoms with Crippen LogP contribution in [0.15, 0.2) is 0 Å². The van der Waals surface area contributed by atoms with Crippen molar-refractivity contribution in [3.63, 3.8) is 0 Å². The molecule has 0 aromatic rings. The number of fused-ring (bicyclic) bond motifs is 1. The van der Waals surface area contributed by atoms with Crippen LogP contribution in [0.25, 0.3) is 0 Å². The standard InChI is InChI=1S/C11H21NO/c1-8-6-12(3)7-11(13)9(2)4-5-10(8)11/h8-10,13H,4-7H2,1-3H3/t8-,9+,10+,11+/m0/s1. The molecule has 4 atom stereocenters. The van der Waals surface area contributed by atoms with Gasteiger partial charge >= 0.3 is 0 Å². The summed E-state index contributed by atoms with van der Waals surface area (Å²) in [4.78, 5) is 2.28. The Kier molecular flexibility index (Phi) is 2.16. The van der Waals surface area contributed by atoms with Crippen LogP contribution in [0.4, 0.5) is 0 Å². The molecular formula is C11H21NO. The van der Waals surface area contributed by atoms with E-state index in [4.69, 9.17) is 0 Å². The molecule has 0 radical (unpaired) electrons. The maximum atomic E-state index is 10.6. The van der Waals surface area contributed by atoms with Crippen molar-refractivity contribution >= 4 is 0 Å². The van der Waals surface area contributed by atoms with E-state index in [-0.39, 0.29) is 5.60 Å². The van der Waals surface area contributed by atoms with E-state index >= 15 is 0 Å². The first-order valence-corrected chi connectivity index (χ1v) is 5.45. The summed E-state index contributed by atoms with van der Waals surface area (Å²) in [5.74, 6) is 1.70. The highest BCUT2D eigenvalue weighted by Gasteiger charge is 2.51. The second kappa shape index (κ2) is 2.96. The zero-order valence-electron chi connectivity index (χ0n) is 8.95. The summed E-state index contributed by atoms with van der Waals surface area (Å²) in [5.41, 5.74) is -0.383. The van der Waals surface area contributed by atoms with Crippen LogP contribution in [0.2, 0.25) is 0 Å². The maximum absolute atomic E-state index is 10.6. The molecule has 1 aliphatic carbocycles. The first-order chi connectivity index (χ1) is 6.04. The molecule has 2 nitrogen and oxygen atoms in total. The van der Waals surface area contributed by atoms with Crippen molar-refractivity contribution in [2.45, 2.75) is 32.3 Å². The van der Waals surface area contributed by atoms with Crippen molar-refractivity contribution in [3.05, 3.63) is 0 Å².